The first-order valence-corrected chi connectivity index (χ1v) is 13.7. The van der Waals surface area contributed by atoms with Crippen molar-refractivity contribution in [2.24, 2.45) is 0 Å². The molecule has 0 unspecified atom stereocenters. The number of fused-ring (bicyclic) bond motifs is 3. The van der Waals surface area contributed by atoms with Crippen molar-refractivity contribution in [1.29, 1.82) is 0 Å². The second kappa shape index (κ2) is 9.91. The molecule has 40 heavy (non-hydrogen) atoms. The van der Waals surface area contributed by atoms with Crippen molar-refractivity contribution >= 4 is 21.7 Å². The van der Waals surface area contributed by atoms with Crippen LogP contribution < -0.4 is 0 Å². The van der Waals surface area contributed by atoms with Crippen LogP contribution in [-0.2, 0) is 0 Å². The van der Waals surface area contributed by atoms with E-state index < -0.39 is 0 Å². The van der Waals surface area contributed by atoms with Crippen LogP contribution in [0.3, 0.4) is 0 Å². The third-order valence-electron chi connectivity index (χ3n) is 7.90. The summed E-state index contributed by atoms with van der Waals surface area (Å²) >= 11 is 0. The van der Waals surface area contributed by atoms with Crippen LogP contribution >= 0.6 is 0 Å². The van der Waals surface area contributed by atoms with E-state index in [2.05, 4.69) is 122 Å². The Kier molecular flexibility index (Phi) is 5.94. The lowest BCUT2D eigenvalue weighted by Gasteiger charge is -2.18. The first-order chi connectivity index (χ1) is 19.7. The van der Waals surface area contributed by atoms with Gasteiger partial charge < -0.3 is 0 Å². The van der Waals surface area contributed by atoms with Crippen molar-refractivity contribution in [2.75, 3.05) is 0 Å². The van der Waals surface area contributed by atoms with E-state index in [1.54, 1.807) is 0 Å². The number of aryl methyl sites for hydroxylation is 1. The second-order valence-electron chi connectivity index (χ2n) is 10.3. The first kappa shape index (κ1) is 24.0. The molecule has 0 bridgehead atoms. The van der Waals surface area contributed by atoms with Gasteiger partial charge in [-0.3, -0.25) is 9.97 Å². The predicted octanol–water partition coefficient (Wildman–Crippen LogP) is 10.1. The fourth-order valence-electron chi connectivity index (χ4n) is 5.96. The van der Waals surface area contributed by atoms with Gasteiger partial charge in [0.25, 0.3) is 0 Å². The van der Waals surface area contributed by atoms with Crippen LogP contribution in [0.4, 0.5) is 0 Å². The van der Waals surface area contributed by atoms with E-state index in [1.807, 2.05) is 30.6 Å². The van der Waals surface area contributed by atoms with Gasteiger partial charge in [-0.1, -0.05) is 84.9 Å². The van der Waals surface area contributed by atoms with Gasteiger partial charge in [0.05, 0.1) is 11.2 Å². The maximum absolute atomic E-state index is 4.76. The fourth-order valence-corrected chi connectivity index (χ4v) is 5.96. The topological polar surface area (TPSA) is 25.8 Å². The Hall–Kier alpha value is -5.08. The summed E-state index contributed by atoms with van der Waals surface area (Å²) in [6, 6.07) is 43.2. The maximum atomic E-state index is 4.76. The SMILES string of the molecule is Cc1ccc(-c2cc3ncccc3c3ccc(-c4ccccc4)cc23)c(C)c1-c1cccc(-c2ccccn2)c1. The van der Waals surface area contributed by atoms with Gasteiger partial charge in [0.2, 0.25) is 0 Å². The van der Waals surface area contributed by atoms with Crippen LogP contribution in [0, 0.1) is 13.8 Å². The van der Waals surface area contributed by atoms with Crippen molar-refractivity contribution in [3.63, 3.8) is 0 Å². The van der Waals surface area contributed by atoms with Gasteiger partial charge in [0, 0.05) is 23.3 Å². The van der Waals surface area contributed by atoms with Crippen molar-refractivity contribution in [2.45, 2.75) is 13.8 Å². The van der Waals surface area contributed by atoms with Gasteiger partial charge >= 0.3 is 0 Å². The molecule has 0 radical (unpaired) electrons. The molecule has 0 N–H and O–H groups in total. The monoisotopic (exact) mass is 512 g/mol. The molecule has 2 nitrogen and oxygen atoms in total. The molecule has 7 aromatic rings. The second-order valence-corrected chi connectivity index (χ2v) is 10.3. The summed E-state index contributed by atoms with van der Waals surface area (Å²) in [6.07, 6.45) is 3.73. The first-order valence-electron chi connectivity index (χ1n) is 13.7. The highest BCUT2D eigenvalue weighted by atomic mass is 14.7. The van der Waals surface area contributed by atoms with Gasteiger partial charge in [-0.2, -0.15) is 0 Å². The Morgan fingerprint density at radius 1 is 0.450 bits per heavy atom. The molecule has 0 aliphatic heterocycles. The van der Waals surface area contributed by atoms with Crippen LogP contribution in [0.15, 0.2) is 134 Å². The van der Waals surface area contributed by atoms with Crippen molar-refractivity contribution in [3.05, 3.63) is 145 Å². The van der Waals surface area contributed by atoms with E-state index in [-0.39, 0.29) is 0 Å². The molecule has 0 spiro atoms. The predicted molar refractivity (Wildman–Crippen MR) is 168 cm³/mol. The van der Waals surface area contributed by atoms with E-state index >= 15 is 0 Å². The molecule has 0 saturated carbocycles. The van der Waals surface area contributed by atoms with Crippen LogP contribution in [0.2, 0.25) is 0 Å². The van der Waals surface area contributed by atoms with Gasteiger partial charge in [0.1, 0.15) is 0 Å². The summed E-state index contributed by atoms with van der Waals surface area (Å²) in [6.45, 7) is 4.45. The Bertz CT molecular complexity index is 2010. The zero-order chi connectivity index (χ0) is 27.1. The molecule has 2 aromatic heterocycles. The van der Waals surface area contributed by atoms with E-state index in [4.69, 9.17) is 4.98 Å². The van der Waals surface area contributed by atoms with Crippen LogP contribution in [0.1, 0.15) is 11.1 Å². The number of pyridine rings is 2. The molecule has 190 valence electrons. The molecule has 0 aliphatic carbocycles. The number of aromatic nitrogens is 2. The summed E-state index contributed by atoms with van der Waals surface area (Å²) in [4.78, 5) is 9.35. The largest absolute Gasteiger partial charge is 0.256 e. The Balaban J connectivity index is 1.47. The number of benzene rings is 5. The zero-order valence-electron chi connectivity index (χ0n) is 22.6. The van der Waals surface area contributed by atoms with Crippen molar-refractivity contribution < 1.29 is 0 Å². The maximum Gasteiger partial charge on any atom is 0.0714 e. The van der Waals surface area contributed by atoms with Gasteiger partial charge in [-0.05, 0) is 106 Å². The van der Waals surface area contributed by atoms with Crippen LogP contribution in [-0.4, -0.2) is 9.97 Å². The standard InChI is InChI=1S/C38H28N2/c1-25-16-18-31(26(2)38(25)30-13-8-12-29(22-30)36-15-6-7-20-39-36)35-24-37-33(14-9-21-40-37)32-19-17-28(23-34(32)35)27-10-4-3-5-11-27/h3-24H,1-2H3. The third-order valence-corrected chi connectivity index (χ3v) is 7.90. The minimum atomic E-state index is 0.982. The Morgan fingerprint density at radius 3 is 2.10 bits per heavy atom. The smallest absolute Gasteiger partial charge is 0.0714 e. The van der Waals surface area contributed by atoms with Crippen LogP contribution in [0.5, 0.6) is 0 Å². The Labute approximate surface area is 234 Å². The number of hydrogen-bond donors (Lipinski definition) is 0. The van der Waals surface area contributed by atoms with E-state index in [9.17, 15) is 0 Å². The minimum absolute atomic E-state index is 0.982. The minimum Gasteiger partial charge on any atom is -0.256 e. The molecule has 2 heterocycles. The van der Waals surface area contributed by atoms with E-state index in [1.165, 1.54) is 60.7 Å². The summed E-state index contributed by atoms with van der Waals surface area (Å²) in [5.74, 6) is 0. The Morgan fingerprint density at radius 2 is 1.25 bits per heavy atom. The molecule has 0 saturated heterocycles. The summed E-state index contributed by atoms with van der Waals surface area (Å²) in [7, 11) is 0. The zero-order valence-corrected chi connectivity index (χ0v) is 22.6. The number of hydrogen-bond acceptors (Lipinski definition) is 2. The molecule has 5 aromatic carbocycles. The van der Waals surface area contributed by atoms with E-state index in [0.29, 0.717) is 0 Å². The molecule has 0 fully saturated rings. The van der Waals surface area contributed by atoms with Gasteiger partial charge in [-0.25, -0.2) is 0 Å². The average Bonchev–Trinajstić information content (AvgIpc) is 3.02. The van der Waals surface area contributed by atoms with Crippen molar-refractivity contribution in [3.8, 4) is 44.6 Å². The highest BCUT2D eigenvalue weighted by molar-refractivity contribution is 6.14. The lowest BCUT2D eigenvalue weighted by Crippen LogP contribution is -1.95. The molecule has 0 aliphatic rings. The average molecular weight is 513 g/mol. The molecule has 0 atom stereocenters. The molecule has 0 amide bonds. The fraction of sp³-hybridized carbons (Fsp3) is 0.0526. The molecular formula is C38H28N2. The lowest BCUT2D eigenvalue weighted by atomic mass is 9.86. The van der Waals surface area contributed by atoms with Crippen molar-refractivity contribution in [1.82, 2.24) is 9.97 Å². The van der Waals surface area contributed by atoms with Gasteiger partial charge in [0.15, 0.2) is 0 Å². The molecule has 7 rings (SSSR count). The summed E-state index contributed by atoms with van der Waals surface area (Å²) < 4.78 is 0. The lowest BCUT2D eigenvalue weighted by molar-refractivity contribution is 1.32. The number of nitrogens with zero attached hydrogens (tertiary/aromatic N) is 2. The summed E-state index contributed by atoms with van der Waals surface area (Å²) in [5.41, 5.74) is 13.0. The number of rotatable bonds is 4. The quantitative estimate of drug-likeness (QED) is 0.219. The molecular weight excluding hydrogens is 484 g/mol. The van der Waals surface area contributed by atoms with E-state index in [0.717, 1.165) is 16.8 Å². The summed E-state index contributed by atoms with van der Waals surface area (Å²) in [5, 5.41) is 3.63. The van der Waals surface area contributed by atoms with Gasteiger partial charge in [-0.15, -0.1) is 0 Å². The highest BCUT2D eigenvalue weighted by Crippen LogP contribution is 2.41. The molecule has 2 heteroatoms. The highest BCUT2D eigenvalue weighted by Gasteiger charge is 2.16. The normalized spacial score (nSPS) is 11.2. The van der Waals surface area contributed by atoms with Crippen LogP contribution in [0.25, 0.3) is 66.3 Å². The third kappa shape index (κ3) is 4.15.